The number of nitrogens with one attached hydrogen (secondary N) is 1. The van der Waals surface area contributed by atoms with Gasteiger partial charge in [0.1, 0.15) is 11.4 Å². The molecule has 0 aliphatic heterocycles. The second-order valence-electron chi connectivity index (χ2n) is 6.58. The molecule has 3 rings (SSSR count). The minimum absolute atomic E-state index is 0.0151. The number of amides is 1. The van der Waals surface area contributed by atoms with Gasteiger partial charge >= 0.3 is 0 Å². The lowest BCUT2D eigenvalue weighted by Gasteiger charge is -2.24. The van der Waals surface area contributed by atoms with E-state index in [-0.39, 0.29) is 17.7 Å². The van der Waals surface area contributed by atoms with E-state index >= 15 is 0 Å². The minimum Gasteiger partial charge on any atom is -0.508 e. The number of aromatic hydroxyl groups is 1. The molecule has 0 saturated heterocycles. The molecule has 0 unspecified atom stereocenters. The van der Waals surface area contributed by atoms with Gasteiger partial charge in [0, 0.05) is 25.2 Å². The van der Waals surface area contributed by atoms with Crippen LogP contribution in [0, 0.1) is 0 Å². The number of phenolic OH excluding ortho intramolecular Hbond substituents is 1. The van der Waals surface area contributed by atoms with Crippen molar-refractivity contribution in [2.45, 2.75) is 25.8 Å². The normalized spacial score (nSPS) is 11.9. The van der Waals surface area contributed by atoms with E-state index in [1.54, 1.807) is 24.1 Å². The molecule has 5 heteroatoms. The Balaban J connectivity index is 1.63. The topological polar surface area (TPSA) is 69.2 Å². The molecule has 0 radical (unpaired) electrons. The second-order valence-corrected chi connectivity index (χ2v) is 6.58. The van der Waals surface area contributed by atoms with Crippen LogP contribution in [-0.4, -0.2) is 39.2 Å². The van der Waals surface area contributed by atoms with Crippen molar-refractivity contribution >= 4 is 5.91 Å². The van der Waals surface area contributed by atoms with Crippen molar-refractivity contribution in [2.24, 2.45) is 0 Å². The summed E-state index contributed by atoms with van der Waals surface area (Å²) in [6.07, 6.45) is 1.43. The highest BCUT2D eigenvalue weighted by Crippen LogP contribution is 2.15. The number of benzene rings is 2. The average molecular weight is 349 g/mol. The zero-order valence-corrected chi connectivity index (χ0v) is 15.0. The molecule has 1 atom stereocenters. The molecule has 2 aromatic carbocycles. The smallest absolute Gasteiger partial charge is 0.274 e. The van der Waals surface area contributed by atoms with Crippen LogP contribution in [0.4, 0.5) is 0 Å². The molecular formula is C21H23N3O2. The Labute approximate surface area is 153 Å². The molecular weight excluding hydrogens is 326 g/mol. The Kier molecular flexibility index (Phi) is 5.37. The average Bonchev–Trinajstić information content (AvgIpc) is 3.11. The lowest BCUT2D eigenvalue weighted by molar-refractivity contribution is 0.0737. The van der Waals surface area contributed by atoms with E-state index in [2.05, 4.69) is 10.2 Å². The fourth-order valence-corrected chi connectivity index (χ4v) is 2.87. The van der Waals surface area contributed by atoms with Gasteiger partial charge in [-0.3, -0.25) is 9.89 Å². The van der Waals surface area contributed by atoms with Gasteiger partial charge in [-0.1, -0.05) is 42.5 Å². The molecule has 26 heavy (non-hydrogen) atoms. The van der Waals surface area contributed by atoms with Gasteiger partial charge in [-0.25, -0.2) is 0 Å². The molecule has 2 N–H and O–H groups in total. The van der Waals surface area contributed by atoms with Gasteiger partial charge in [-0.2, -0.15) is 5.10 Å². The highest BCUT2D eigenvalue weighted by Gasteiger charge is 2.20. The first kappa shape index (κ1) is 17.7. The molecule has 134 valence electrons. The van der Waals surface area contributed by atoms with Crippen molar-refractivity contribution in [3.63, 3.8) is 0 Å². The fourth-order valence-electron chi connectivity index (χ4n) is 2.87. The van der Waals surface area contributed by atoms with Crippen molar-refractivity contribution in [1.29, 1.82) is 0 Å². The minimum atomic E-state index is -0.105. The van der Waals surface area contributed by atoms with E-state index in [1.165, 1.54) is 5.56 Å². The van der Waals surface area contributed by atoms with Crippen LogP contribution < -0.4 is 0 Å². The summed E-state index contributed by atoms with van der Waals surface area (Å²) in [5, 5.41) is 16.5. The quantitative estimate of drug-likeness (QED) is 0.716. The molecule has 1 aromatic heterocycles. The standard InChI is InChI=1S/C21H23N3O2/c1-15(12-17-8-10-19(25)11-9-17)24(2)21(26)20-14-18(22-23-20)13-16-6-4-3-5-7-16/h3-11,14-15,25H,12-13H2,1-2H3,(H,22,23)/t15-/m0/s1. The lowest BCUT2D eigenvalue weighted by atomic mass is 10.1. The molecule has 0 fully saturated rings. The number of hydrogen-bond donors (Lipinski definition) is 2. The third kappa shape index (κ3) is 4.30. The third-order valence-corrected chi connectivity index (χ3v) is 4.54. The number of aromatic nitrogens is 2. The molecule has 0 bridgehead atoms. The van der Waals surface area contributed by atoms with Crippen LogP contribution in [0.5, 0.6) is 5.75 Å². The molecule has 5 nitrogen and oxygen atoms in total. The summed E-state index contributed by atoms with van der Waals surface area (Å²) in [7, 11) is 1.79. The summed E-state index contributed by atoms with van der Waals surface area (Å²) in [4.78, 5) is 14.4. The Morgan fingerprint density at radius 3 is 2.50 bits per heavy atom. The number of likely N-dealkylation sites (N-methyl/N-ethyl adjacent to an activating group) is 1. The first-order chi connectivity index (χ1) is 12.5. The maximum absolute atomic E-state index is 12.7. The van der Waals surface area contributed by atoms with Crippen molar-refractivity contribution in [3.8, 4) is 5.75 Å². The first-order valence-corrected chi connectivity index (χ1v) is 8.66. The van der Waals surface area contributed by atoms with Gasteiger partial charge in [0.2, 0.25) is 0 Å². The SMILES string of the molecule is C[C@@H](Cc1ccc(O)cc1)N(C)C(=O)c1cc(Cc2ccccc2)[nH]n1. The van der Waals surface area contributed by atoms with Gasteiger partial charge in [-0.15, -0.1) is 0 Å². The van der Waals surface area contributed by atoms with Crippen LogP contribution in [-0.2, 0) is 12.8 Å². The summed E-state index contributed by atoms with van der Waals surface area (Å²) in [5.41, 5.74) is 3.58. The molecule has 1 amide bonds. The van der Waals surface area contributed by atoms with E-state index in [1.807, 2.05) is 55.5 Å². The molecule has 0 aliphatic rings. The fraction of sp³-hybridized carbons (Fsp3) is 0.238. The van der Waals surface area contributed by atoms with Gasteiger partial charge < -0.3 is 10.0 Å². The van der Waals surface area contributed by atoms with E-state index in [0.717, 1.165) is 11.3 Å². The maximum atomic E-state index is 12.7. The number of carbonyl (C=O) groups excluding carboxylic acids is 1. The molecule has 0 aliphatic carbocycles. The van der Waals surface area contributed by atoms with Gasteiger partial charge in [0.15, 0.2) is 0 Å². The predicted octanol–water partition coefficient (Wildman–Crippen LogP) is 3.41. The molecule has 0 saturated carbocycles. The van der Waals surface area contributed by atoms with Crippen molar-refractivity contribution in [2.75, 3.05) is 7.05 Å². The van der Waals surface area contributed by atoms with E-state index < -0.39 is 0 Å². The van der Waals surface area contributed by atoms with E-state index in [9.17, 15) is 9.90 Å². The summed E-state index contributed by atoms with van der Waals surface area (Å²) < 4.78 is 0. The highest BCUT2D eigenvalue weighted by atomic mass is 16.3. The number of H-pyrrole nitrogens is 1. The monoisotopic (exact) mass is 349 g/mol. The van der Waals surface area contributed by atoms with Crippen LogP contribution in [0.2, 0.25) is 0 Å². The first-order valence-electron chi connectivity index (χ1n) is 8.66. The largest absolute Gasteiger partial charge is 0.508 e. The van der Waals surface area contributed by atoms with Crippen LogP contribution >= 0.6 is 0 Å². The van der Waals surface area contributed by atoms with Crippen LogP contribution in [0.3, 0.4) is 0 Å². The zero-order chi connectivity index (χ0) is 18.5. The van der Waals surface area contributed by atoms with E-state index in [0.29, 0.717) is 18.5 Å². The Morgan fingerprint density at radius 2 is 1.81 bits per heavy atom. The number of carbonyl (C=O) groups is 1. The maximum Gasteiger partial charge on any atom is 0.274 e. The van der Waals surface area contributed by atoms with Gasteiger partial charge in [0.25, 0.3) is 5.91 Å². The second kappa shape index (κ2) is 7.87. The predicted molar refractivity (Wildman–Crippen MR) is 101 cm³/mol. The van der Waals surface area contributed by atoms with Crippen LogP contribution in [0.25, 0.3) is 0 Å². The van der Waals surface area contributed by atoms with Crippen LogP contribution in [0.1, 0.15) is 34.2 Å². The molecule has 0 spiro atoms. The number of rotatable bonds is 6. The highest BCUT2D eigenvalue weighted by molar-refractivity contribution is 5.92. The van der Waals surface area contributed by atoms with Gasteiger partial charge in [-0.05, 0) is 42.7 Å². The number of nitrogens with zero attached hydrogens (tertiary/aromatic N) is 2. The van der Waals surface area contributed by atoms with Crippen molar-refractivity contribution in [3.05, 3.63) is 83.2 Å². The lowest BCUT2D eigenvalue weighted by Crippen LogP contribution is -2.36. The van der Waals surface area contributed by atoms with E-state index in [4.69, 9.17) is 0 Å². The summed E-state index contributed by atoms with van der Waals surface area (Å²) in [6, 6.07) is 19.0. The molecule has 1 heterocycles. The number of phenols is 1. The number of aromatic amines is 1. The number of hydrogen-bond acceptors (Lipinski definition) is 3. The van der Waals surface area contributed by atoms with Crippen LogP contribution in [0.15, 0.2) is 60.7 Å². The van der Waals surface area contributed by atoms with Crippen molar-refractivity contribution < 1.29 is 9.90 Å². The third-order valence-electron chi connectivity index (χ3n) is 4.54. The zero-order valence-electron chi connectivity index (χ0n) is 15.0. The Hall–Kier alpha value is -3.08. The summed E-state index contributed by atoms with van der Waals surface area (Å²) in [6.45, 7) is 2.00. The Morgan fingerprint density at radius 1 is 1.12 bits per heavy atom. The summed E-state index contributed by atoms with van der Waals surface area (Å²) >= 11 is 0. The van der Waals surface area contributed by atoms with Gasteiger partial charge in [0.05, 0.1) is 0 Å². The molecule has 3 aromatic rings. The summed E-state index contributed by atoms with van der Waals surface area (Å²) in [5.74, 6) is 0.139. The Bertz CT molecular complexity index is 856. The van der Waals surface area contributed by atoms with Crippen molar-refractivity contribution in [1.82, 2.24) is 15.1 Å².